The summed E-state index contributed by atoms with van der Waals surface area (Å²) in [6, 6.07) is 14.6. The maximum absolute atomic E-state index is 13.5. The summed E-state index contributed by atoms with van der Waals surface area (Å²) in [5, 5.41) is 19.5. The van der Waals surface area contributed by atoms with Crippen LogP contribution < -0.4 is 20.3 Å². The number of nitrogens with one attached hydrogen (secondary N) is 2. The largest absolute Gasteiger partial charge is 0.495 e. The molecule has 34 heavy (non-hydrogen) atoms. The first kappa shape index (κ1) is 23.0. The number of hydrogen-bond donors (Lipinski definition) is 3. The predicted molar refractivity (Wildman–Crippen MR) is 130 cm³/mol. The normalized spacial score (nSPS) is 15.7. The summed E-state index contributed by atoms with van der Waals surface area (Å²) in [6.45, 7) is 3.52. The number of para-hydroxylation sites is 2. The van der Waals surface area contributed by atoms with Crippen molar-refractivity contribution in [3.63, 3.8) is 0 Å². The summed E-state index contributed by atoms with van der Waals surface area (Å²) < 4.78 is 10.6. The number of rotatable bonds is 6. The highest BCUT2D eigenvalue weighted by molar-refractivity contribution is 7.80. The van der Waals surface area contributed by atoms with Crippen molar-refractivity contribution in [3.05, 3.63) is 82.8 Å². The minimum Gasteiger partial charge on any atom is -0.495 e. The first-order chi connectivity index (χ1) is 16.3. The fourth-order valence-corrected chi connectivity index (χ4v) is 4.17. The number of amides is 1. The van der Waals surface area contributed by atoms with E-state index in [0.29, 0.717) is 39.1 Å². The van der Waals surface area contributed by atoms with Crippen molar-refractivity contribution in [3.8, 4) is 5.75 Å². The summed E-state index contributed by atoms with van der Waals surface area (Å²) in [4.78, 5) is 26.5. The van der Waals surface area contributed by atoms with Crippen LogP contribution in [0.5, 0.6) is 5.75 Å². The maximum Gasteiger partial charge on any atom is 0.335 e. The van der Waals surface area contributed by atoms with Gasteiger partial charge in [-0.1, -0.05) is 29.4 Å². The number of thiocarbonyl (C=S) groups is 1. The molecule has 174 valence electrons. The van der Waals surface area contributed by atoms with Crippen molar-refractivity contribution in [2.75, 3.05) is 17.3 Å². The second-order valence-corrected chi connectivity index (χ2v) is 7.98. The smallest absolute Gasteiger partial charge is 0.335 e. The van der Waals surface area contributed by atoms with Gasteiger partial charge in [-0.15, -0.1) is 0 Å². The van der Waals surface area contributed by atoms with E-state index in [2.05, 4.69) is 15.8 Å². The lowest BCUT2D eigenvalue weighted by Crippen LogP contribution is -2.48. The topological polar surface area (TPSA) is 117 Å². The SMILES string of the molecule is COc1ccccc1N1C(=S)N[C@H](c2ccc(C(=O)O)cc2)C(C(=O)Nc2cc(C)on2)=C1C. The number of hydrogen-bond acceptors (Lipinski definition) is 6. The van der Waals surface area contributed by atoms with E-state index in [1.165, 1.54) is 12.1 Å². The number of ether oxygens (including phenoxy) is 1. The average molecular weight is 479 g/mol. The third kappa shape index (κ3) is 4.35. The molecule has 4 rings (SSSR count). The van der Waals surface area contributed by atoms with Gasteiger partial charge in [0, 0.05) is 11.8 Å². The number of carbonyl (C=O) groups is 2. The van der Waals surface area contributed by atoms with Crippen molar-refractivity contribution in [1.29, 1.82) is 0 Å². The molecule has 0 fully saturated rings. The fourth-order valence-electron chi connectivity index (χ4n) is 3.82. The molecular formula is C24H22N4O5S. The van der Waals surface area contributed by atoms with Crippen molar-refractivity contribution in [2.24, 2.45) is 0 Å². The van der Waals surface area contributed by atoms with Gasteiger partial charge in [0.05, 0.1) is 30.0 Å². The van der Waals surface area contributed by atoms with Gasteiger partial charge in [-0.2, -0.15) is 0 Å². The molecule has 0 spiro atoms. The van der Waals surface area contributed by atoms with Gasteiger partial charge < -0.3 is 25.0 Å². The van der Waals surface area contributed by atoms with Crippen LogP contribution in [0.2, 0.25) is 0 Å². The Morgan fingerprint density at radius 1 is 1.18 bits per heavy atom. The molecule has 10 heteroatoms. The highest BCUT2D eigenvalue weighted by atomic mass is 32.1. The molecule has 1 atom stereocenters. The van der Waals surface area contributed by atoms with Crippen LogP contribution >= 0.6 is 12.2 Å². The molecule has 0 bridgehead atoms. The Hall–Kier alpha value is -4.18. The Kier molecular flexibility index (Phi) is 6.33. The molecule has 1 aliphatic heterocycles. The quantitative estimate of drug-likeness (QED) is 0.451. The second-order valence-electron chi connectivity index (χ2n) is 7.59. The Morgan fingerprint density at radius 2 is 1.88 bits per heavy atom. The molecule has 2 aromatic carbocycles. The van der Waals surface area contributed by atoms with Gasteiger partial charge in [-0.05, 0) is 55.9 Å². The monoisotopic (exact) mass is 478 g/mol. The first-order valence-corrected chi connectivity index (χ1v) is 10.7. The molecule has 1 aliphatic rings. The summed E-state index contributed by atoms with van der Waals surface area (Å²) in [7, 11) is 1.56. The van der Waals surface area contributed by atoms with Gasteiger partial charge >= 0.3 is 5.97 Å². The number of aromatic nitrogens is 1. The zero-order valence-electron chi connectivity index (χ0n) is 18.7. The molecule has 2 heterocycles. The van der Waals surface area contributed by atoms with Crippen LogP contribution in [0.1, 0.15) is 34.6 Å². The van der Waals surface area contributed by atoms with Crippen LogP contribution in [-0.4, -0.2) is 34.4 Å². The molecule has 0 unspecified atom stereocenters. The van der Waals surface area contributed by atoms with E-state index in [0.717, 1.165) is 0 Å². The highest BCUT2D eigenvalue weighted by Gasteiger charge is 2.35. The molecule has 3 aromatic rings. The van der Waals surface area contributed by atoms with Crippen LogP contribution in [0.15, 0.2) is 70.4 Å². The number of aryl methyl sites for hydroxylation is 1. The number of methoxy groups -OCH3 is 1. The maximum atomic E-state index is 13.5. The fraction of sp³-hybridized carbons (Fsp3) is 0.167. The number of allylic oxidation sites excluding steroid dienone is 1. The van der Waals surface area contributed by atoms with E-state index in [1.54, 1.807) is 50.1 Å². The van der Waals surface area contributed by atoms with Crippen LogP contribution in [0.3, 0.4) is 0 Å². The average Bonchev–Trinajstić information content (AvgIpc) is 3.23. The van der Waals surface area contributed by atoms with Gasteiger partial charge in [0.15, 0.2) is 10.9 Å². The van der Waals surface area contributed by atoms with E-state index in [1.807, 2.05) is 18.2 Å². The van der Waals surface area contributed by atoms with Gasteiger partial charge in [-0.25, -0.2) is 4.79 Å². The van der Waals surface area contributed by atoms with Crippen LogP contribution in [0.25, 0.3) is 0 Å². The van der Waals surface area contributed by atoms with E-state index in [9.17, 15) is 14.7 Å². The van der Waals surface area contributed by atoms with Crippen molar-refractivity contribution in [2.45, 2.75) is 19.9 Å². The molecule has 0 saturated carbocycles. The second kappa shape index (κ2) is 9.36. The molecule has 1 aromatic heterocycles. The number of carboxylic acid groups (broad SMARTS) is 1. The van der Waals surface area contributed by atoms with E-state index in [4.69, 9.17) is 21.5 Å². The van der Waals surface area contributed by atoms with Crippen LogP contribution in [-0.2, 0) is 4.79 Å². The Morgan fingerprint density at radius 3 is 2.50 bits per heavy atom. The van der Waals surface area contributed by atoms with Crippen molar-refractivity contribution in [1.82, 2.24) is 10.5 Å². The zero-order chi connectivity index (χ0) is 24.4. The number of carboxylic acids is 1. The Bertz CT molecular complexity index is 1300. The molecule has 9 nitrogen and oxygen atoms in total. The number of aromatic carboxylic acids is 1. The van der Waals surface area contributed by atoms with Gasteiger partial charge in [0.25, 0.3) is 5.91 Å². The van der Waals surface area contributed by atoms with E-state index >= 15 is 0 Å². The van der Waals surface area contributed by atoms with Crippen molar-refractivity contribution < 1.29 is 24.0 Å². The lowest BCUT2D eigenvalue weighted by Gasteiger charge is -2.38. The third-order valence-corrected chi connectivity index (χ3v) is 5.72. The number of carbonyl (C=O) groups excluding carboxylic acids is 1. The third-order valence-electron chi connectivity index (χ3n) is 5.42. The number of anilines is 2. The zero-order valence-corrected chi connectivity index (χ0v) is 19.5. The molecule has 0 aliphatic carbocycles. The minimum absolute atomic E-state index is 0.141. The lowest BCUT2D eigenvalue weighted by atomic mass is 9.93. The summed E-state index contributed by atoms with van der Waals surface area (Å²) in [5.41, 5.74) is 2.44. The van der Waals surface area contributed by atoms with E-state index < -0.39 is 17.9 Å². The number of benzene rings is 2. The van der Waals surface area contributed by atoms with Crippen LogP contribution in [0.4, 0.5) is 11.5 Å². The molecule has 3 N–H and O–H groups in total. The summed E-state index contributed by atoms with van der Waals surface area (Å²) in [6.07, 6.45) is 0. The van der Waals surface area contributed by atoms with Crippen LogP contribution in [0, 0.1) is 6.92 Å². The van der Waals surface area contributed by atoms with Gasteiger partial charge in [0.1, 0.15) is 11.5 Å². The van der Waals surface area contributed by atoms with Gasteiger partial charge in [0.2, 0.25) is 0 Å². The Balaban J connectivity index is 1.82. The van der Waals surface area contributed by atoms with Crippen molar-refractivity contribution >= 4 is 40.7 Å². The molecule has 1 amide bonds. The minimum atomic E-state index is -1.04. The Labute approximate surface area is 201 Å². The number of nitrogens with zero attached hydrogens (tertiary/aromatic N) is 2. The molecule has 0 radical (unpaired) electrons. The first-order valence-electron chi connectivity index (χ1n) is 10.3. The lowest BCUT2D eigenvalue weighted by molar-refractivity contribution is -0.113. The highest BCUT2D eigenvalue weighted by Crippen LogP contribution is 2.38. The molecular weight excluding hydrogens is 456 g/mol. The molecule has 0 saturated heterocycles. The summed E-state index contributed by atoms with van der Waals surface area (Å²) >= 11 is 5.68. The predicted octanol–water partition coefficient (Wildman–Crippen LogP) is 4.04. The summed E-state index contributed by atoms with van der Waals surface area (Å²) in [5.74, 6) is -0.0255. The van der Waals surface area contributed by atoms with Gasteiger partial charge in [-0.3, -0.25) is 9.69 Å². The van der Waals surface area contributed by atoms with E-state index in [-0.39, 0.29) is 11.4 Å². The standard InChI is InChI=1S/C24H22N4O5S/c1-13-12-19(27-33-13)25-22(29)20-14(2)28(17-6-4-5-7-18(17)32-3)24(34)26-21(20)15-8-10-16(11-9-15)23(30)31/h4-12,21H,1-3H3,(H,26,34)(H,30,31)(H,25,27,29)/t21-/m1/s1.